The third-order valence-corrected chi connectivity index (χ3v) is 4.74. The number of piperidine rings is 1. The van der Waals surface area contributed by atoms with Crippen molar-refractivity contribution in [3.05, 3.63) is 51.7 Å². The molecule has 0 atom stereocenters. The number of nitrogens with zero attached hydrogens (tertiary/aromatic N) is 2. The molecule has 1 fully saturated rings. The lowest BCUT2D eigenvalue weighted by molar-refractivity contribution is 0.102. The lowest BCUT2D eigenvalue weighted by Gasteiger charge is -2.27. The highest BCUT2D eigenvalue weighted by molar-refractivity contribution is 14.1. The summed E-state index contributed by atoms with van der Waals surface area (Å²) in [6.07, 6.45) is 5.50. The van der Waals surface area contributed by atoms with Crippen molar-refractivity contribution in [2.24, 2.45) is 0 Å². The summed E-state index contributed by atoms with van der Waals surface area (Å²) in [5, 5.41) is 2.90. The number of hydrogen-bond donors (Lipinski definition) is 1. The van der Waals surface area contributed by atoms with E-state index in [9.17, 15) is 4.79 Å². The zero-order chi connectivity index (χ0) is 15.4. The van der Waals surface area contributed by atoms with Gasteiger partial charge in [0.25, 0.3) is 5.91 Å². The fraction of sp³-hybridized carbons (Fsp3) is 0.294. The van der Waals surface area contributed by atoms with E-state index in [1.54, 1.807) is 6.20 Å². The summed E-state index contributed by atoms with van der Waals surface area (Å²) in [7, 11) is 0. The second-order valence-electron chi connectivity index (χ2n) is 5.39. The number of halogens is 1. The van der Waals surface area contributed by atoms with Crippen LogP contribution in [-0.4, -0.2) is 24.0 Å². The first-order valence-electron chi connectivity index (χ1n) is 7.51. The fourth-order valence-corrected chi connectivity index (χ4v) is 3.25. The number of amides is 1. The Kier molecular flexibility index (Phi) is 4.92. The van der Waals surface area contributed by atoms with Gasteiger partial charge >= 0.3 is 0 Å². The van der Waals surface area contributed by atoms with Crippen molar-refractivity contribution in [1.82, 2.24) is 4.98 Å². The first kappa shape index (κ1) is 15.3. The summed E-state index contributed by atoms with van der Waals surface area (Å²) in [4.78, 5) is 19.0. The van der Waals surface area contributed by atoms with Crippen LogP contribution in [0.3, 0.4) is 0 Å². The lowest BCUT2D eigenvalue weighted by Crippen LogP contribution is -2.30. The number of anilines is 2. The molecule has 4 nitrogen and oxygen atoms in total. The van der Waals surface area contributed by atoms with Gasteiger partial charge in [-0.1, -0.05) is 12.1 Å². The molecule has 1 aromatic carbocycles. The summed E-state index contributed by atoms with van der Waals surface area (Å²) in [6.45, 7) is 2.14. The predicted octanol–water partition coefficient (Wildman–Crippen LogP) is 3.93. The van der Waals surface area contributed by atoms with Gasteiger partial charge in [0.2, 0.25) is 0 Å². The van der Waals surface area contributed by atoms with Crippen LogP contribution in [0.4, 0.5) is 11.5 Å². The Morgan fingerprint density at radius 1 is 1.09 bits per heavy atom. The first-order chi connectivity index (χ1) is 10.7. The molecule has 1 aromatic heterocycles. The van der Waals surface area contributed by atoms with Gasteiger partial charge in [0.05, 0.1) is 17.4 Å². The van der Waals surface area contributed by atoms with Crippen molar-refractivity contribution < 1.29 is 4.79 Å². The minimum Gasteiger partial charge on any atom is -0.357 e. The molecule has 22 heavy (non-hydrogen) atoms. The van der Waals surface area contributed by atoms with Gasteiger partial charge in [-0.2, -0.15) is 0 Å². The van der Waals surface area contributed by atoms with Gasteiger partial charge < -0.3 is 10.2 Å². The molecular formula is C17H18IN3O. The topological polar surface area (TPSA) is 45.2 Å². The normalized spacial score (nSPS) is 14.7. The number of benzene rings is 1. The van der Waals surface area contributed by atoms with Gasteiger partial charge in [-0.3, -0.25) is 4.79 Å². The van der Waals surface area contributed by atoms with Crippen LogP contribution in [0.15, 0.2) is 42.6 Å². The molecule has 2 heterocycles. The number of carbonyl (C=O) groups excluding carboxylic acids is 1. The van der Waals surface area contributed by atoms with E-state index in [1.165, 1.54) is 19.3 Å². The van der Waals surface area contributed by atoms with Gasteiger partial charge in [0, 0.05) is 16.7 Å². The van der Waals surface area contributed by atoms with Crippen LogP contribution in [0.5, 0.6) is 0 Å². The molecule has 5 heteroatoms. The summed E-state index contributed by atoms with van der Waals surface area (Å²) < 4.78 is 0.940. The van der Waals surface area contributed by atoms with Gasteiger partial charge in [-0.15, -0.1) is 0 Å². The highest BCUT2D eigenvalue weighted by Crippen LogP contribution is 2.20. The Morgan fingerprint density at radius 3 is 2.55 bits per heavy atom. The molecule has 114 valence electrons. The first-order valence-corrected chi connectivity index (χ1v) is 8.59. The fourth-order valence-electron chi connectivity index (χ4n) is 2.61. The number of rotatable bonds is 3. The third-order valence-electron chi connectivity index (χ3n) is 3.80. The van der Waals surface area contributed by atoms with Crippen LogP contribution >= 0.6 is 22.6 Å². The SMILES string of the molecule is O=C(Nc1ccc(N2CCCCC2)nc1)c1ccccc1I. The molecule has 0 saturated carbocycles. The molecule has 1 aliphatic rings. The lowest BCUT2D eigenvalue weighted by atomic mass is 10.1. The summed E-state index contributed by atoms with van der Waals surface area (Å²) in [5.74, 6) is 0.893. The van der Waals surface area contributed by atoms with E-state index in [1.807, 2.05) is 36.4 Å². The van der Waals surface area contributed by atoms with E-state index in [0.29, 0.717) is 5.56 Å². The summed E-state index contributed by atoms with van der Waals surface area (Å²) >= 11 is 2.17. The Labute approximate surface area is 144 Å². The van der Waals surface area contributed by atoms with Crippen molar-refractivity contribution >= 4 is 40.0 Å². The van der Waals surface area contributed by atoms with E-state index in [2.05, 4.69) is 37.8 Å². The number of aromatic nitrogens is 1. The smallest absolute Gasteiger partial charge is 0.256 e. The molecule has 3 rings (SSSR count). The molecule has 1 N–H and O–H groups in total. The largest absolute Gasteiger partial charge is 0.357 e. The van der Waals surface area contributed by atoms with E-state index < -0.39 is 0 Å². The van der Waals surface area contributed by atoms with Gasteiger partial charge in [-0.25, -0.2) is 4.98 Å². The number of hydrogen-bond acceptors (Lipinski definition) is 3. The van der Waals surface area contributed by atoms with E-state index >= 15 is 0 Å². The monoisotopic (exact) mass is 407 g/mol. The summed E-state index contributed by atoms with van der Waals surface area (Å²) in [6, 6.07) is 11.4. The molecule has 0 unspecified atom stereocenters. The molecule has 2 aromatic rings. The maximum absolute atomic E-state index is 12.3. The molecule has 1 aliphatic heterocycles. The van der Waals surface area contributed by atoms with Crippen LogP contribution in [0.2, 0.25) is 0 Å². The molecule has 1 saturated heterocycles. The van der Waals surface area contributed by atoms with Crippen molar-refractivity contribution in [2.75, 3.05) is 23.3 Å². The Hall–Kier alpha value is -1.63. The maximum Gasteiger partial charge on any atom is 0.256 e. The minimum atomic E-state index is -0.0995. The highest BCUT2D eigenvalue weighted by atomic mass is 127. The molecular weight excluding hydrogens is 389 g/mol. The van der Waals surface area contributed by atoms with Gasteiger partial charge in [-0.05, 0) is 66.1 Å². The van der Waals surface area contributed by atoms with Crippen molar-refractivity contribution in [2.45, 2.75) is 19.3 Å². The van der Waals surface area contributed by atoms with Crippen molar-refractivity contribution in [3.8, 4) is 0 Å². The standard InChI is InChI=1S/C17H18IN3O/c18-15-7-3-2-6-14(15)17(22)20-13-8-9-16(19-12-13)21-10-4-1-5-11-21/h2-3,6-9,12H,1,4-5,10-11H2,(H,20,22). The van der Waals surface area contributed by atoms with Gasteiger partial charge in [0.15, 0.2) is 0 Å². The number of nitrogens with one attached hydrogen (secondary N) is 1. The Bertz CT molecular complexity index is 651. The number of pyridine rings is 1. The van der Waals surface area contributed by atoms with Gasteiger partial charge in [0.1, 0.15) is 5.82 Å². The van der Waals surface area contributed by atoms with Crippen LogP contribution in [-0.2, 0) is 0 Å². The molecule has 1 amide bonds. The second kappa shape index (κ2) is 7.09. The average Bonchev–Trinajstić information content (AvgIpc) is 2.57. The molecule has 0 spiro atoms. The quantitative estimate of drug-likeness (QED) is 0.785. The van der Waals surface area contributed by atoms with Crippen LogP contribution in [0, 0.1) is 3.57 Å². The minimum absolute atomic E-state index is 0.0995. The molecule has 0 bridgehead atoms. The Morgan fingerprint density at radius 2 is 1.86 bits per heavy atom. The molecule has 0 aliphatic carbocycles. The number of carbonyl (C=O) groups is 1. The maximum atomic E-state index is 12.3. The average molecular weight is 407 g/mol. The van der Waals surface area contributed by atoms with Crippen molar-refractivity contribution in [1.29, 1.82) is 0 Å². The zero-order valence-corrected chi connectivity index (χ0v) is 14.4. The third kappa shape index (κ3) is 3.58. The van der Waals surface area contributed by atoms with Crippen LogP contribution < -0.4 is 10.2 Å². The Balaban J connectivity index is 1.68. The summed E-state index contributed by atoms with van der Waals surface area (Å²) in [5.41, 5.74) is 1.41. The van der Waals surface area contributed by atoms with Crippen molar-refractivity contribution in [3.63, 3.8) is 0 Å². The highest BCUT2D eigenvalue weighted by Gasteiger charge is 2.13. The van der Waals surface area contributed by atoms with E-state index in [0.717, 1.165) is 28.2 Å². The molecule has 0 radical (unpaired) electrons. The predicted molar refractivity (Wildman–Crippen MR) is 97.4 cm³/mol. The van der Waals surface area contributed by atoms with Crippen LogP contribution in [0.1, 0.15) is 29.6 Å². The van der Waals surface area contributed by atoms with E-state index in [-0.39, 0.29) is 5.91 Å². The van der Waals surface area contributed by atoms with Crippen LogP contribution in [0.25, 0.3) is 0 Å². The zero-order valence-electron chi connectivity index (χ0n) is 12.3. The second-order valence-corrected chi connectivity index (χ2v) is 6.55. The van der Waals surface area contributed by atoms with E-state index in [4.69, 9.17) is 0 Å².